The maximum atomic E-state index is 11.0. The van der Waals surface area contributed by atoms with Crippen molar-refractivity contribution in [1.82, 2.24) is 0 Å². The summed E-state index contributed by atoms with van der Waals surface area (Å²) in [5.74, 6) is -0.810. The number of allylic oxidation sites excluding steroid dienone is 2. The Balaban J connectivity index is 3.15. The lowest BCUT2D eigenvalue weighted by molar-refractivity contribution is -0.497. The molecule has 6 heteroatoms. The first kappa shape index (κ1) is 12.6. The average Bonchev–Trinajstić information content (AvgIpc) is 2.28. The summed E-state index contributed by atoms with van der Waals surface area (Å²) in [5.41, 5.74) is 0.224. The van der Waals surface area contributed by atoms with Crippen LogP contribution in [0.25, 0.3) is 0 Å². The molecule has 1 aliphatic rings. The van der Waals surface area contributed by atoms with Gasteiger partial charge < -0.3 is 0 Å². The molecule has 6 nitrogen and oxygen atoms in total. The lowest BCUT2D eigenvalue weighted by atomic mass is 9.82. The number of rotatable bonds is 3. The molecule has 0 aromatic carbocycles. The van der Waals surface area contributed by atoms with E-state index in [1.54, 1.807) is 0 Å². The molecule has 0 amide bonds. The first-order chi connectivity index (χ1) is 7.99. The quantitative estimate of drug-likeness (QED) is 0.534. The molecule has 0 heterocycles. The Morgan fingerprint density at radius 3 is 2.18 bits per heavy atom. The number of hydrogen-bond acceptors (Lipinski definition) is 5. The molecule has 17 heavy (non-hydrogen) atoms. The SMILES string of the molecule is CC(=O)CC1C(C#N)=CC([N+](=O)[O-])C=C1C#N. The molecule has 0 bridgehead atoms. The van der Waals surface area contributed by atoms with E-state index in [1.165, 1.54) is 19.1 Å². The molecule has 1 aliphatic carbocycles. The molecule has 0 saturated heterocycles. The zero-order valence-electron chi connectivity index (χ0n) is 9.08. The number of carbonyl (C=O) groups is 1. The standard InChI is InChI=1S/C11H9N3O3/c1-7(15)2-11-8(5-12)3-10(14(16)17)4-9(11)6-13/h3-4,10-11H,2H2,1H3. The van der Waals surface area contributed by atoms with Gasteiger partial charge in [-0.25, -0.2) is 0 Å². The van der Waals surface area contributed by atoms with Crippen molar-refractivity contribution in [2.24, 2.45) is 5.92 Å². The molecule has 0 aromatic rings. The zero-order chi connectivity index (χ0) is 13.0. The Bertz CT molecular complexity index is 473. The van der Waals surface area contributed by atoms with Gasteiger partial charge in [-0.05, 0) is 6.92 Å². The number of Topliss-reactive ketones (excluding diaryl/α,β-unsaturated/α-hetero) is 1. The van der Waals surface area contributed by atoms with Crippen molar-refractivity contribution < 1.29 is 9.72 Å². The molecule has 0 N–H and O–H groups in total. The number of nitrogens with zero attached hydrogens (tertiary/aromatic N) is 3. The van der Waals surface area contributed by atoms with Gasteiger partial charge in [0.2, 0.25) is 0 Å². The van der Waals surface area contributed by atoms with Crippen molar-refractivity contribution in [3.8, 4) is 12.1 Å². The van der Waals surface area contributed by atoms with E-state index in [4.69, 9.17) is 10.5 Å². The highest BCUT2D eigenvalue weighted by molar-refractivity contribution is 5.77. The van der Waals surface area contributed by atoms with Crippen LogP contribution in [-0.2, 0) is 4.79 Å². The van der Waals surface area contributed by atoms with E-state index >= 15 is 0 Å². The molecular weight excluding hydrogens is 222 g/mol. The summed E-state index contributed by atoms with van der Waals surface area (Å²) in [6.07, 6.45) is 2.39. The van der Waals surface area contributed by atoms with E-state index in [1.807, 2.05) is 12.1 Å². The highest BCUT2D eigenvalue weighted by atomic mass is 16.6. The van der Waals surface area contributed by atoms with Gasteiger partial charge in [0.05, 0.1) is 12.1 Å². The van der Waals surface area contributed by atoms with Crippen molar-refractivity contribution in [2.75, 3.05) is 0 Å². The van der Waals surface area contributed by atoms with Gasteiger partial charge in [0.15, 0.2) is 0 Å². The largest absolute Gasteiger partial charge is 0.300 e. The molecule has 0 saturated carbocycles. The number of ketones is 1. The maximum absolute atomic E-state index is 11.0. The molecule has 0 aliphatic heterocycles. The summed E-state index contributed by atoms with van der Waals surface area (Å²) in [7, 11) is 0. The van der Waals surface area contributed by atoms with Gasteiger partial charge in [0, 0.05) is 40.6 Å². The summed E-state index contributed by atoms with van der Waals surface area (Å²) < 4.78 is 0. The van der Waals surface area contributed by atoms with E-state index in [9.17, 15) is 14.9 Å². The van der Waals surface area contributed by atoms with Crippen molar-refractivity contribution in [3.05, 3.63) is 33.4 Å². The lowest BCUT2D eigenvalue weighted by Gasteiger charge is -2.18. The molecule has 1 rings (SSSR count). The van der Waals surface area contributed by atoms with Crippen molar-refractivity contribution >= 4 is 5.78 Å². The summed E-state index contributed by atoms with van der Waals surface area (Å²) in [6.45, 7) is 1.35. The lowest BCUT2D eigenvalue weighted by Crippen LogP contribution is -2.23. The van der Waals surface area contributed by atoms with Crippen LogP contribution in [-0.4, -0.2) is 16.7 Å². The second-order valence-corrected chi connectivity index (χ2v) is 3.70. The highest BCUT2D eigenvalue weighted by Crippen LogP contribution is 2.29. The number of hydrogen-bond donors (Lipinski definition) is 0. The Labute approximate surface area is 97.6 Å². The predicted octanol–water partition coefficient (Wildman–Crippen LogP) is 1.14. The minimum absolute atomic E-state index is 0.0171. The van der Waals surface area contributed by atoms with Crippen molar-refractivity contribution in [2.45, 2.75) is 19.4 Å². The van der Waals surface area contributed by atoms with Gasteiger partial charge in [0.25, 0.3) is 6.04 Å². The molecule has 0 atom stereocenters. The fraction of sp³-hybridized carbons (Fsp3) is 0.364. The van der Waals surface area contributed by atoms with Crippen LogP contribution in [0.3, 0.4) is 0 Å². The Morgan fingerprint density at radius 2 is 1.88 bits per heavy atom. The minimum atomic E-state index is -1.16. The van der Waals surface area contributed by atoms with Gasteiger partial charge in [0.1, 0.15) is 5.78 Å². The van der Waals surface area contributed by atoms with Gasteiger partial charge in [-0.3, -0.25) is 14.9 Å². The zero-order valence-corrected chi connectivity index (χ0v) is 9.08. The monoisotopic (exact) mass is 231 g/mol. The Morgan fingerprint density at radius 1 is 1.41 bits per heavy atom. The normalized spacial score (nSPS) is 22.8. The predicted molar refractivity (Wildman–Crippen MR) is 57.0 cm³/mol. The molecule has 86 valence electrons. The second-order valence-electron chi connectivity index (χ2n) is 3.70. The summed E-state index contributed by atoms with van der Waals surface area (Å²) >= 11 is 0. The number of carbonyl (C=O) groups excluding carboxylic acids is 1. The first-order valence-electron chi connectivity index (χ1n) is 4.86. The summed E-state index contributed by atoms with van der Waals surface area (Å²) in [6, 6.07) is 2.48. The van der Waals surface area contributed by atoms with E-state index < -0.39 is 16.9 Å². The van der Waals surface area contributed by atoms with Gasteiger partial charge in [-0.1, -0.05) is 0 Å². The molecular formula is C11H9N3O3. The molecule has 0 radical (unpaired) electrons. The third-order valence-corrected chi connectivity index (χ3v) is 2.44. The van der Waals surface area contributed by atoms with Gasteiger partial charge in [-0.15, -0.1) is 0 Å². The summed E-state index contributed by atoms with van der Waals surface area (Å²) in [4.78, 5) is 21.1. The molecule has 0 fully saturated rings. The topological polar surface area (TPSA) is 108 Å². The van der Waals surface area contributed by atoms with Crippen molar-refractivity contribution in [3.63, 3.8) is 0 Å². The second kappa shape index (κ2) is 5.04. The minimum Gasteiger partial charge on any atom is -0.300 e. The Hall–Kier alpha value is -2.47. The smallest absolute Gasteiger partial charge is 0.252 e. The van der Waals surface area contributed by atoms with Crippen LogP contribution in [0.15, 0.2) is 23.3 Å². The van der Waals surface area contributed by atoms with E-state index in [-0.39, 0.29) is 23.4 Å². The maximum Gasteiger partial charge on any atom is 0.252 e. The van der Waals surface area contributed by atoms with Crippen LogP contribution in [0.2, 0.25) is 0 Å². The fourth-order valence-corrected chi connectivity index (χ4v) is 1.68. The first-order valence-corrected chi connectivity index (χ1v) is 4.86. The fourth-order valence-electron chi connectivity index (χ4n) is 1.68. The van der Waals surface area contributed by atoms with Crippen LogP contribution in [0.5, 0.6) is 0 Å². The van der Waals surface area contributed by atoms with Crippen LogP contribution in [0.1, 0.15) is 13.3 Å². The van der Waals surface area contributed by atoms with E-state index in [0.29, 0.717) is 0 Å². The van der Waals surface area contributed by atoms with E-state index in [2.05, 4.69) is 0 Å². The average molecular weight is 231 g/mol. The van der Waals surface area contributed by atoms with Gasteiger partial charge in [-0.2, -0.15) is 10.5 Å². The Kier molecular flexibility index (Phi) is 3.74. The highest BCUT2D eigenvalue weighted by Gasteiger charge is 2.30. The third-order valence-electron chi connectivity index (χ3n) is 2.44. The summed E-state index contributed by atoms with van der Waals surface area (Å²) in [5, 5.41) is 28.4. The van der Waals surface area contributed by atoms with Crippen LogP contribution in [0, 0.1) is 38.7 Å². The molecule has 0 spiro atoms. The number of nitro groups is 1. The van der Waals surface area contributed by atoms with Crippen LogP contribution in [0.4, 0.5) is 0 Å². The van der Waals surface area contributed by atoms with Gasteiger partial charge >= 0.3 is 0 Å². The van der Waals surface area contributed by atoms with E-state index in [0.717, 1.165) is 0 Å². The third kappa shape index (κ3) is 2.76. The van der Waals surface area contributed by atoms with Crippen molar-refractivity contribution in [1.29, 1.82) is 10.5 Å². The number of nitriles is 2. The molecule has 0 aromatic heterocycles. The molecule has 0 unspecified atom stereocenters. The van der Waals surface area contributed by atoms with Crippen LogP contribution < -0.4 is 0 Å². The van der Waals surface area contributed by atoms with Crippen LogP contribution >= 0.6 is 0 Å².